The van der Waals surface area contributed by atoms with Crippen LogP contribution >= 0.6 is 0 Å². The molecule has 1 aliphatic heterocycles. The van der Waals surface area contributed by atoms with Gasteiger partial charge in [-0.2, -0.15) is 10.2 Å². The third kappa shape index (κ3) is 5.13. The molecule has 31 heavy (non-hydrogen) atoms. The van der Waals surface area contributed by atoms with Crippen LogP contribution in [0.2, 0.25) is 0 Å². The molecule has 1 N–H and O–H groups in total. The lowest BCUT2D eigenvalue weighted by atomic mass is 9.98. The summed E-state index contributed by atoms with van der Waals surface area (Å²) in [6.07, 6.45) is 2.20. The molecule has 1 unspecified atom stereocenters. The third-order valence-electron chi connectivity index (χ3n) is 5.36. The van der Waals surface area contributed by atoms with Crippen molar-refractivity contribution < 1.29 is 13.7 Å². The predicted octanol–water partition coefficient (Wildman–Crippen LogP) is 3.96. The molecule has 4 rings (SSSR count). The van der Waals surface area contributed by atoms with Gasteiger partial charge in [0, 0.05) is 25.1 Å². The number of amides is 1. The number of piperidine rings is 1. The number of anilines is 1. The Balaban J connectivity index is 1.33. The van der Waals surface area contributed by atoms with E-state index in [1.807, 2.05) is 0 Å². The highest BCUT2D eigenvalue weighted by atomic mass is 19.1. The second kappa shape index (κ2) is 9.49. The van der Waals surface area contributed by atoms with Crippen LogP contribution in [0.3, 0.4) is 0 Å². The minimum Gasteiger partial charge on any atom is -0.339 e. The Labute approximate surface area is 179 Å². The van der Waals surface area contributed by atoms with Gasteiger partial charge in [-0.1, -0.05) is 29.4 Å². The average molecular weight is 419 g/mol. The van der Waals surface area contributed by atoms with Crippen LogP contribution in [0.25, 0.3) is 11.4 Å². The largest absolute Gasteiger partial charge is 0.339 e. The number of hydrogen-bond acceptors (Lipinski definition) is 6. The van der Waals surface area contributed by atoms with Gasteiger partial charge in [-0.3, -0.25) is 4.79 Å². The van der Waals surface area contributed by atoms with E-state index >= 15 is 0 Å². The van der Waals surface area contributed by atoms with E-state index in [2.05, 4.69) is 26.4 Å². The van der Waals surface area contributed by atoms with Crippen molar-refractivity contribution in [3.63, 3.8) is 0 Å². The molecule has 0 saturated carbocycles. The highest BCUT2D eigenvalue weighted by Crippen LogP contribution is 2.28. The first-order valence-electron chi connectivity index (χ1n) is 10.2. The first kappa shape index (κ1) is 20.7. The summed E-state index contributed by atoms with van der Waals surface area (Å²) in [6, 6.07) is 15.1. The van der Waals surface area contributed by atoms with Crippen molar-refractivity contribution in [3.05, 3.63) is 65.8 Å². The number of carbonyl (C=O) groups excluding carboxylic acids is 1. The van der Waals surface area contributed by atoms with Gasteiger partial charge in [0.05, 0.1) is 17.2 Å². The van der Waals surface area contributed by atoms with E-state index in [0.717, 1.165) is 19.4 Å². The van der Waals surface area contributed by atoms with Crippen molar-refractivity contribution >= 4 is 11.6 Å². The van der Waals surface area contributed by atoms with Gasteiger partial charge < -0.3 is 14.7 Å². The van der Waals surface area contributed by atoms with Gasteiger partial charge in [0.15, 0.2) is 0 Å². The van der Waals surface area contributed by atoms with E-state index in [0.29, 0.717) is 48.0 Å². The van der Waals surface area contributed by atoms with E-state index in [9.17, 15) is 9.18 Å². The topological polar surface area (TPSA) is 95.1 Å². The number of benzene rings is 2. The fourth-order valence-corrected chi connectivity index (χ4v) is 3.77. The van der Waals surface area contributed by atoms with E-state index in [1.54, 1.807) is 36.4 Å². The first-order chi connectivity index (χ1) is 15.1. The Bertz CT molecular complexity index is 1110. The van der Waals surface area contributed by atoms with E-state index in [4.69, 9.17) is 9.78 Å². The number of para-hydroxylation sites is 1. The lowest BCUT2D eigenvalue weighted by Crippen LogP contribution is -2.36. The molecule has 1 aromatic heterocycles. The quantitative estimate of drug-likeness (QED) is 0.650. The summed E-state index contributed by atoms with van der Waals surface area (Å²) in [4.78, 5) is 19.0. The number of rotatable bonds is 6. The Kier molecular flexibility index (Phi) is 6.34. The van der Waals surface area contributed by atoms with Gasteiger partial charge >= 0.3 is 0 Å². The second-order valence-electron chi connectivity index (χ2n) is 7.56. The molecule has 7 nitrogen and oxygen atoms in total. The van der Waals surface area contributed by atoms with Crippen LogP contribution in [0.4, 0.5) is 10.1 Å². The smallest absolute Gasteiger partial charge is 0.231 e. The molecule has 1 amide bonds. The SMILES string of the molecule is N#Cc1ccccc1NC(=O)CCN1CCCC(c2nc(-c3cccc(F)c3)no2)C1. The summed E-state index contributed by atoms with van der Waals surface area (Å²) in [5, 5.41) is 16.0. The Morgan fingerprint density at radius 3 is 3.00 bits per heavy atom. The Hall–Kier alpha value is -3.57. The second-order valence-corrected chi connectivity index (χ2v) is 7.56. The first-order valence-corrected chi connectivity index (χ1v) is 10.2. The molecule has 1 fully saturated rings. The number of hydrogen-bond donors (Lipinski definition) is 1. The fourth-order valence-electron chi connectivity index (χ4n) is 3.77. The Morgan fingerprint density at radius 2 is 2.16 bits per heavy atom. The summed E-state index contributed by atoms with van der Waals surface area (Å²) in [6.45, 7) is 2.21. The molecule has 3 aromatic rings. The van der Waals surface area contributed by atoms with Crippen LogP contribution in [0.1, 0.15) is 36.6 Å². The van der Waals surface area contributed by atoms with Crippen LogP contribution in [0.5, 0.6) is 0 Å². The molecule has 1 atom stereocenters. The standard InChI is InChI=1S/C23H22FN5O2/c24-19-8-3-6-16(13-19)22-27-23(31-28-22)18-7-4-11-29(15-18)12-10-21(30)26-20-9-2-1-5-17(20)14-25/h1-3,5-6,8-9,13,18H,4,7,10-12,15H2,(H,26,30). The van der Waals surface area contributed by atoms with E-state index in [-0.39, 0.29) is 17.6 Å². The van der Waals surface area contributed by atoms with Crippen molar-refractivity contribution in [1.82, 2.24) is 15.0 Å². The Morgan fingerprint density at radius 1 is 1.29 bits per heavy atom. The molecule has 1 aliphatic rings. The van der Waals surface area contributed by atoms with Crippen molar-refractivity contribution in [3.8, 4) is 17.5 Å². The molecule has 0 aliphatic carbocycles. The molecule has 1 saturated heterocycles. The number of aromatic nitrogens is 2. The molecule has 2 aromatic carbocycles. The van der Waals surface area contributed by atoms with Gasteiger partial charge in [0.2, 0.25) is 17.6 Å². The minimum absolute atomic E-state index is 0.0749. The van der Waals surface area contributed by atoms with Crippen LogP contribution in [0, 0.1) is 17.1 Å². The van der Waals surface area contributed by atoms with Crippen LogP contribution in [0.15, 0.2) is 53.1 Å². The zero-order valence-corrected chi connectivity index (χ0v) is 16.9. The maximum Gasteiger partial charge on any atom is 0.231 e. The molecule has 2 heterocycles. The fraction of sp³-hybridized carbons (Fsp3) is 0.304. The molecular weight excluding hydrogens is 397 g/mol. The summed E-state index contributed by atoms with van der Waals surface area (Å²) < 4.78 is 18.9. The van der Waals surface area contributed by atoms with Crippen molar-refractivity contribution in [2.45, 2.75) is 25.2 Å². The highest BCUT2D eigenvalue weighted by molar-refractivity contribution is 5.92. The van der Waals surface area contributed by atoms with E-state index < -0.39 is 0 Å². The third-order valence-corrected chi connectivity index (χ3v) is 5.36. The lowest BCUT2D eigenvalue weighted by molar-refractivity contribution is -0.116. The van der Waals surface area contributed by atoms with Crippen LogP contribution in [-0.2, 0) is 4.79 Å². The average Bonchev–Trinajstić information content (AvgIpc) is 3.29. The normalized spacial score (nSPS) is 16.6. The minimum atomic E-state index is -0.344. The van der Waals surface area contributed by atoms with Crippen molar-refractivity contribution in [2.24, 2.45) is 0 Å². The number of nitriles is 1. The van der Waals surface area contributed by atoms with E-state index in [1.165, 1.54) is 12.1 Å². The van der Waals surface area contributed by atoms with Gasteiger partial charge in [-0.05, 0) is 43.7 Å². The summed E-state index contributed by atoms with van der Waals surface area (Å²) >= 11 is 0. The maximum absolute atomic E-state index is 13.5. The van der Waals surface area contributed by atoms with Crippen LogP contribution in [-0.4, -0.2) is 40.6 Å². The van der Waals surface area contributed by atoms with Gasteiger partial charge in [-0.15, -0.1) is 0 Å². The monoisotopic (exact) mass is 419 g/mol. The molecule has 0 spiro atoms. The predicted molar refractivity (Wildman–Crippen MR) is 113 cm³/mol. The summed E-state index contributed by atoms with van der Waals surface area (Å²) in [7, 11) is 0. The highest BCUT2D eigenvalue weighted by Gasteiger charge is 2.26. The molecule has 0 radical (unpaired) electrons. The van der Waals surface area contributed by atoms with Gasteiger partial charge in [0.25, 0.3) is 0 Å². The maximum atomic E-state index is 13.5. The number of carbonyl (C=O) groups is 1. The zero-order valence-electron chi connectivity index (χ0n) is 16.9. The van der Waals surface area contributed by atoms with Gasteiger partial charge in [0.1, 0.15) is 11.9 Å². The molecule has 8 heteroatoms. The molecule has 158 valence electrons. The zero-order chi connectivity index (χ0) is 21.6. The number of halogens is 1. The molecular formula is C23H22FN5O2. The lowest BCUT2D eigenvalue weighted by Gasteiger charge is -2.30. The summed E-state index contributed by atoms with van der Waals surface area (Å²) in [5.74, 6) is 0.517. The van der Waals surface area contributed by atoms with Crippen LogP contribution < -0.4 is 5.32 Å². The number of nitrogens with one attached hydrogen (secondary N) is 1. The van der Waals surface area contributed by atoms with Crippen molar-refractivity contribution in [2.75, 3.05) is 25.0 Å². The summed E-state index contributed by atoms with van der Waals surface area (Å²) in [5.41, 5.74) is 1.55. The number of likely N-dealkylation sites (tertiary alicyclic amines) is 1. The number of nitrogens with zero attached hydrogens (tertiary/aromatic N) is 4. The molecule has 0 bridgehead atoms. The van der Waals surface area contributed by atoms with Gasteiger partial charge in [-0.25, -0.2) is 4.39 Å². The van der Waals surface area contributed by atoms with Crippen molar-refractivity contribution in [1.29, 1.82) is 5.26 Å².